The van der Waals surface area contributed by atoms with E-state index >= 15 is 0 Å². The van der Waals surface area contributed by atoms with Gasteiger partial charge in [-0.3, -0.25) is 4.79 Å². The van der Waals surface area contributed by atoms with Crippen LogP contribution in [0.15, 0.2) is 34.8 Å². The molecular weight excluding hydrogens is 434 g/mol. The summed E-state index contributed by atoms with van der Waals surface area (Å²) < 4.78 is 27.4. The van der Waals surface area contributed by atoms with Gasteiger partial charge < -0.3 is 5.32 Å². The molecule has 0 aliphatic heterocycles. The SMILES string of the molecule is CSC(C)(C)C#Cc1ccc(Br)c(C(Cc2cc(F)cc(F)c2)NC=O)n1. The molecule has 1 heterocycles. The van der Waals surface area contributed by atoms with Gasteiger partial charge in [-0.25, -0.2) is 13.8 Å². The molecule has 0 radical (unpaired) electrons. The van der Waals surface area contributed by atoms with Crippen molar-refractivity contribution < 1.29 is 13.6 Å². The predicted octanol–water partition coefficient (Wildman–Crippen LogP) is 4.65. The molecule has 142 valence electrons. The first-order valence-electron chi connectivity index (χ1n) is 8.13. The highest BCUT2D eigenvalue weighted by atomic mass is 79.9. The highest BCUT2D eigenvalue weighted by Gasteiger charge is 2.18. The van der Waals surface area contributed by atoms with Gasteiger partial charge in [0.15, 0.2) is 0 Å². The summed E-state index contributed by atoms with van der Waals surface area (Å²) in [5.74, 6) is 4.87. The number of hydrogen-bond donors (Lipinski definition) is 1. The van der Waals surface area contributed by atoms with Crippen molar-refractivity contribution in [2.45, 2.75) is 31.1 Å². The molecule has 0 saturated heterocycles. The average Bonchev–Trinajstić information content (AvgIpc) is 2.60. The van der Waals surface area contributed by atoms with E-state index in [1.54, 1.807) is 23.9 Å². The molecule has 0 aliphatic rings. The number of amides is 1. The second-order valence-corrected chi connectivity index (χ2v) is 8.63. The van der Waals surface area contributed by atoms with E-state index in [0.29, 0.717) is 27.8 Å². The van der Waals surface area contributed by atoms with Crippen molar-refractivity contribution in [2.24, 2.45) is 0 Å². The number of benzene rings is 1. The second kappa shape index (κ2) is 9.34. The van der Waals surface area contributed by atoms with Crippen molar-refractivity contribution >= 4 is 34.1 Å². The van der Waals surface area contributed by atoms with E-state index in [1.807, 2.05) is 20.1 Å². The van der Waals surface area contributed by atoms with Crippen LogP contribution in [-0.4, -0.2) is 22.4 Å². The van der Waals surface area contributed by atoms with Crippen LogP contribution in [0.2, 0.25) is 0 Å². The molecule has 0 spiro atoms. The number of rotatable bonds is 6. The van der Waals surface area contributed by atoms with Gasteiger partial charge in [0.05, 0.1) is 16.5 Å². The molecule has 2 rings (SSSR count). The molecule has 1 aromatic heterocycles. The van der Waals surface area contributed by atoms with Crippen molar-refractivity contribution in [3.63, 3.8) is 0 Å². The molecule has 3 nitrogen and oxygen atoms in total. The molecule has 27 heavy (non-hydrogen) atoms. The number of halogens is 3. The molecule has 0 fully saturated rings. The van der Waals surface area contributed by atoms with Crippen molar-refractivity contribution in [2.75, 3.05) is 6.26 Å². The van der Waals surface area contributed by atoms with Gasteiger partial charge in [-0.2, -0.15) is 0 Å². The molecule has 0 bridgehead atoms. The van der Waals surface area contributed by atoms with Crippen molar-refractivity contribution in [3.05, 3.63) is 63.4 Å². The van der Waals surface area contributed by atoms with Gasteiger partial charge in [-0.05, 0) is 78.2 Å². The number of carbonyl (C=O) groups excluding carboxylic acids is 1. The largest absolute Gasteiger partial charge is 0.350 e. The lowest BCUT2D eigenvalue weighted by Gasteiger charge is -2.18. The lowest BCUT2D eigenvalue weighted by atomic mass is 10.0. The summed E-state index contributed by atoms with van der Waals surface area (Å²) in [5, 5.41) is 2.67. The van der Waals surface area contributed by atoms with Crippen LogP contribution >= 0.6 is 27.7 Å². The Morgan fingerprint density at radius 1 is 1.30 bits per heavy atom. The van der Waals surface area contributed by atoms with Crippen molar-refractivity contribution in [1.82, 2.24) is 10.3 Å². The minimum Gasteiger partial charge on any atom is -0.350 e. The standard InChI is InChI=1S/C20H19BrF2N2OS/c1-20(2,27-3)7-6-16-4-5-17(21)19(25-16)18(24-12-26)10-13-8-14(22)11-15(23)9-13/h4-5,8-9,11-12,18H,10H2,1-3H3,(H,24,26). The third-order valence-corrected chi connectivity index (χ3v) is 5.63. The van der Waals surface area contributed by atoms with Gasteiger partial charge in [0.1, 0.15) is 17.3 Å². The molecule has 1 unspecified atom stereocenters. The van der Waals surface area contributed by atoms with E-state index in [4.69, 9.17) is 0 Å². The normalized spacial score (nSPS) is 12.1. The van der Waals surface area contributed by atoms with Gasteiger partial charge in [-0.15, -0.1) is 11.8 Å². The molecule has 2 aromatic rings. The molecule has 1 amide bonds. The third-order valence-electron chi connectivity index (χ3n) is 3.84. The van der Waals surface area contributed by atoms with E-state index < -0.39 is 17.7 Å². The molecule has 1 aromatic carbocycles. The quantitative estimate of drug-likeness (QED) is 0.512. The zero-order valence-corrected chi connectivity index (χ0v) is 17.5. The van der Waals surface area contributed by atoms with E-state index in [1.165, 1.54) is 12.1 Å². The number of aromatic nitrogens is 1. The van der Waals surface area contributed by atoms with Crippen LogP contribution in [0.25, 0.3) is 0 Å². The third kappa shape index (κ3) is 6.33. The fourth-order valence-electron chi connectivity index (χ4n) is 2.32. The first kappa shape index (κ1) is 21.4. The molecule has 1 atom stereocenters. The Bertz CT molecular complexity index is 873. The van der Waals surface area contributed by atoms with E-state index in [0.717, 1.165) is 6.07 Å². The molecule has 0 saturated carbocycles. The Morgan fingerprint density at radius 3 is 2.56 bits per heavy atom. The van der Waals surface area contributed by atoms with Crippen LogP contribution in [-0.2, 0) is 11.2 Å². The average molecular weight is 453 g/mol. The zero-order valence-electron chi connectivity index (χ0n) is 15.1. The molecule has 1 N–H and O–H groups in total. The Balaban J connectivity index is 2.38. The minimum absolute atomic E-state index is 0.187. The number of thioether (sulfide) groups is 1. The molecule has 7 heteroatoms. The van der Waals surface area contributed by atoms with Gasteiger partial charge >= 0.3 is 0 Å². The summed E-state index contributed by atoms with van der Waals surface area (Å²) in [5.41, 5.74) is 1.51. The van der Waals surface area contributed by atoms with Crippen molar-refractivity contribution in [3.8, 4) is 11.8 Å². The van der Waals surface area contributed by atoms with Gasteiger partial charge in [-0.1, -0.05) is 5.92 Å². The van der Waals surface area contributed by atoms with Crippen LogP contribution in [0.1, 0.15) is 36.8 Å². The molecule has 0 aliphatic carbocycles. The van der Waals surface area contributed by atoms with Gasteiger partial charge in [0, 0.05) is 10.5 Å². The van der Waals surface area contributed by atoms with Crippen molar-refractivity contribution in [1.29, 1.82) is 0 Å². The summed E-state index contributed by atoms with van der Waals surface area (Å²) in [6.07, 6.45) is 2.72. The fourth-order valence-corrected chi connectivity index (χ4v) is 2.97. The van der Waals surface area contributed by atoms with Crippen LogP contribution < -0.4 is 5.32 Å². The summed E-state index contributed by atoms with van der Waals surface area (Å²) in [7, 11) is 0. The summed E-state index contributed by atoms with van der Waals surface area (Å²) in [6.45, 7) is 4.03. The maximum absolute atomic E-state index is 13.5. The number of nitrogens with one attached hydrogen (secondary N) is 1. The number of pyridine rings is 1. The Kier molecular flexibility index (Phi) is 7.40. The second-order valence-electron chi connectivity index (χ2n) is 6.35. The maximum atomic E-state index is 13.5. The lowest BCUT2D eigenvalue weighted by molar-refractivity contribution is -0.110. The Hall–Kier alpha value is -1.91. The first-order valence-corrected chi connectivity index (χ1v) is 10.2. The predicted molar refractivity (Wildman–Crippen MR) is 108 cm³/mol. The highest BCUT2D eigenvalue weighted by molar-refractivity contribution is 9.10. The van der Waals surface area contributed by atoms with Gasteiger partial charge in [0.2, 0.25) is 6.41 Å². The monoisotopic (exact) mass is 452 g/mol. The number of carbonyl (C=O) groups is 1. The molecular formula is C20H19BrF2N2OS. The Labute approximate surface area is 170 Å². The first-order chi connectivity index (χ1) is 12.7. The van der Waals surface area contributed by atoms with Gasteiger partial charge in [0.25, 0.3) is 0 Å². The zero-order chi connectivity index (χ0) is 20.0. The Morgan fingerprint density at radius 2 is 1.96 bits per heavy atom. The summed E-state index contributed by atoms with van der Waals surface area (Å²) >= 11 is 5.06. The van der Waals surface area contributed by atoms with Crippen LogP contribution in [0.5, 0.6) is 0 Å². The van der Waals surface area contributed by atoms with E-state index in [-0.39, 0.29) is 11.2 Å². The van der Waals surface area contributed by atoms with Crippen LogP contribution in [0.4, 0.5) is 8.78 Å². The van der Waals surface area contributed by atoms with E-state index in [2.05, 4.69) is 38.1 Å². The summed E-state index contributed by atoms with van der Waals surface area (Å²) in [6, 6.07) is 6.29. The number of nitrogens with zero attached hydrogens (tertiary/aromatic N) is 1. The summed E-state index contributed by atoms with van der Waals surface area (Å²) in [4.78, 5) is 15.6. The van der Waals surface area contributed by atoms with Crippen LogP contribution in [0, 0.1) is 23.5 Å². The lowest BCUT2D eigenvalue weighted by Crippen LogP contribution is -2.23. The smallest absolute Gasteiger partial charge is 0.207 e. The van der Waals surface area contributed by atoms with Crippen LogP contribution in [0.3, 0.4) is 0 Å². The number of hydrogen-bond acceptors (Lipinski definition) is 3. The highest BCUT2D eigenvalue weighted by Crippen LogP contribution is 2.26. The fraction of sp³-hybridized carbons (Fsp3) is 0.300. The maximum Gasteiger partial charge on any atom is 0.207 e. The topological polar surface area (TPSA) is 42.0 Å². The van der Waals surface area contributed by atoms with E-state index in [9.17, 15) is 13.6 Å². The minimum atomic E-state index is -0.666.